The van der Waals surface area contributed by atoms with Crippen LogP contribution < -0.4 is 15.5 Å². The van der Waals surface area contributed by atoms with Gasteiger partial charge in [0.05, 0.1) is 10.7 Å². The van der Waals surface area contributed by atoms with Crippen LogP contribution in [0.4, 0.5) is 16.2 Å². The van der Waals surface area contributed by atoms with E-state index < -0.39 is 0 Å². The Morgan fingerprint density at radius 1 is 1.03 bits per heavy atom. The van der Waals surface area contributed by atoms with Crippen LogP contribution in [0.15, 0.2) is 48.5 Å². The van der Waals surface area contributed by atoms with Crippen LogP contribution in [0.3, 0.4) is 0 Å². The van der Waals surface area contributed by atoms with Crippen LogP contribution in [-0.2, 0) is 4.79 Å². The van der Waals surface area contributed by atoms with E-state index in [1.165, 1.54) is 0 Å². The van der Waals surface area contributed by atoms with Crippen molar-refractivity contribution in [3.63, 3.8) is 0 Å². The normalized spacial score (nSPS) is 13.5. The highest BCUT2D eigenvalue weighted by atomic mass is 35.5. The van der Waals surface area contributed by atoms with Crippen molar-refractivity contribution in [3.05, 3.63) is 59.1 Å². The molecule has 8 nitrogen and oxygen atoms in total. The lowest BCUT2D eigenvalue weighted by molar-refractivity contribution is -0.116. The monoisotopic (exact) mass is 499 g/mol. The number of benzene rings is 2. The molecule has 1 aliphatic heterocycles. The van der Waals surface area contributed by atoms with E-state index in [9.17, 15) is 14.4 Å². The smallest absolute Gasteiger partial charge is 0.317 e. The van der Waals surface area contributed by atoms with Crippen molar-refractivity contribution in [1.29, 1.82) is 0 Å². The summed E-state index contributed by atoms with van der Waals surface area (Å²) >= 11 is 6.37. The number of amides is 4. The molecular weight excluding hydrogens is 466 g/mol. The van der Waals surface area contributed by atoms with Crippen molar-refractivity contribution < 1.29 is 14.4 Å². The zero-order valence-corrected chi connectivity index (χ0v) is 21.3. The summed E-state index contributed by atoms with van der Waals surface area (Å²) in [6.07, 6.45) is 0.739. The Labute approximate surface area is 212 Å². The maximum atomic E-state index is 12.9. The summed E-state index contributed by atoms with van der Waals surface area (Å²) < 4.78 is 0. The second-order valence-corrected chi connectivity index (χ2v) is 9.29. The van der Waals surface area contributed by atoms with Crippen LogP contribution >= 0.6 is 11.6 Å². The molecule has 1 saturated heterocycles. The number of anilines is 2. The van der Waals surface area contributed by atoms with Gasteiger partial charge in [0.2, 0.25) is 5.91 Å². The first kappa shape index (κ1) is 26.3. The van der Waals surface area contributed by atoms with Crippen LogP contribution in [0.25, 0.3) is 0 Å². The summed E-state index contributed by atoms with van der Waals surface area (Å²) in [5.74, 6) is -0.487. The summed E-state index contributed by atoms with van der Waals surface area (Å²) in [6, 6.07) is 14.5. The molecule has 0 aliphatic carbocycles. The van der Waals surface area contributed by atoms with Crippen molar-refractivity contribution in [3.8, 4) is 0 Å². The Bertz CT molecular complexity index is 1020. The summed E-state index contributed by atoms with van der Waals surface area (Å²) in [4.78, 5) is 43.5. The quantitative estimate of drug-likeness (QED) is 0.573. The number of nitrogens with one attached hydrogen (secondary N) is 2. The van der Waals surface area contributed by atoms with Crippen LogP contribution in [0.5, 0.6) is 0 Å². The number of rotatable bonds is 8. The lowest BCUT2D eigenvalue weighted by atomic mass is 10.2. The van der Waals surface area contributed by atoms with Gasteiger partial charge in [-0.15, -0.1) is 0 Å². The summed E-state index contributed by atoms with van der Waals surface area (Å²) in [5.41, 5.74) is 1.96. The molecule has 0 bridgehead atoms. The van der Waals surface area contributed by atoms with E-state index in [0.717, 1.165) is 12.1 Å². The molecule has 0 spiro atoms. The van der Waals surface area contributed by atoms with E-state index in [1.54, 1.807) is 40.1 Å². The van der Waals surface area contributed by atoms with Gasteiger partial charge >= 0.3 is 6.03 Å². The lowest BCUT2D eigenvalue weighted by Gasteiger charge is -2.36. The first-order chi connectivity index (χ1) is 16.8. The molecule has 0 atom stereocenters. The minimum Gasteiger partial charge on any atom is -0.368 e. The molecule has 0 radical (unpaired) electrons. The molecular formula is C26H34ClN5O3. The third kappa shape index (κ3) is 7.36. The molecule has 2 aromatic rings. The molecule has 35 heavy (non-hydrogen) atoms. The molecule has 1 fully saturated rings. The first-order valence-electron chi connectivity index (χ1n) is 12.0. The Hall–Kier alpha value is -3.26. The van der Waals surface area contributed by atoms with Gasteiger partial charge in [-0.3, -0.25) is 9.59 Å². The van der Waals surface area contributed by atoms with Gasteiger partial charge < -0.3 is 25.3 Å². The molecule has 0 aromatic heterocycles. The zero-order valence-electron chi connectivity index (χ0n) is 20.6. The number of carbonyl (C=O) groups is 3. The predicted octanol–water partition coefficient (Wildman–Crippen LogP) is 4.07. The number of piperazine rings is 1. The van der Waals surface area contributed by atoms with Gasteiger partial charge in [0.1, 0.15) is 6.54 Å². The molecule has 0 unspecified atom stereocenters. The highest BCUT2D eigenvalue weighted by Gasteiger charge is 2.23. The highest BCUT2D eigenvalue weighted by molar-refractivity contribution is 6.33. The van der Waals surface area contributed by atoms with Crippen molar-refractivity contribution in [2.75, 3.05) is 49.5 Å². The van der Waals surface area contributed by atoms with Crippen LogP contribution in [0.1, 0.15) is 37.6 Å². The Morgan fingerprint density at radius 2 is 1.71 bits per heavy atom. The van der Waals surface area contributed by atoms with E-state index in [4.69, 9.17) is 11.6 Å². The number of carbonyl (C=O) groups excluding carboxylic acids is 3. The van der Waals surface area contributed by atoms with E-state index in [1.807, 2.05) is 39.0 Å². The van der Waals surface area contributed by atoms with Gasteiger partial charge in [0.15, 0.2) is 0 Å². The van der Waals surface area contributed by atoms with Gasteiger partial charge in [-0.2, -0.15) is 0 Å². The average molecular weight is 500 g/mol. The van der Waals surface area contributed by atoms with Gasteiger partial charge in [-0.05, 0) is 50.6 Å². The van der Waals surface area contributed by atoms with E-state index >= 15 is 0 Å². The van der Waals surface area contributed by atoms with Crippen LogP contribution in [-0.4, -0.2) is 73.0 Å². The van der Waals surface area contributed by atoms with Gasteiger partial charge in [-0.1, -0.05) is 36.7 Å². The molecule has 188 valence electrons. The fourth-order valence-corrected chi connectivity index (χ4v) is 4.13. The Balaban J connectivity index is 1.63. The third-order valence-corrected chi connectivity index (χ3v) is 6.03. The number of hydrogen-bond donors (Lipinski definition) is 2. The number of urea groups is 1. The predicted molar refractivity (Wildman–Crippen MR) is 140 cm³/mol. The third-order valence-electron chi connectivity index (χ3n) is 5.70. The molecule has 3 rings (SSSR count). The van der Waals surface area contributed by atoms with Gasteiger partial charge in [0.25, 0.3) is 5.91 Å². The second-order valence-electron chi connectivity index (χ2n) is 8.88. The number of nitrogens with zero attached hydrogens (tertiary/aromatic N) is 3. The molecule has 2 N–H and O–H groups in total. The zero-order chi connectivity index (χ0) is 25.4. The topological polar surface area (TPSA) is 85.0 Å². The Morgan fingerprint density at radius 3 is 2.34 bits per heavy atom. The molecule has 4 amide bonds. The SMILES string of the molecule is CCCN(CC(=O)Nc1cc(N2CCN(C(=O)NC(C)C)CC2)ccc1Cl)C(=O)c1ccccc1. The molecule has 0 saturated carbocycles. The van der Waals surface area contributed by atoms with Gasteiger partial charge in [0, 0.05) is 50.0 Å². The minimum absolute atomic E-state index is 0.0506. The number of halogens is 1. The van der Waals surface area contributed by atoms with E-state index in [-0.39, 0.29) is 30.4 Å². The summed E-state index contributed by atoms with van der Waals surface area (Å²) in [5, 5.41) is 6.22. The van der Waals surface area contributed by atoms with Crippen LogP contribution in [0.2, 0.25) is 5.02 Å². The maximum Gasteiger partial charge on any atom is 0.317 e. The van der Waals surface area contributed by atoms with Crippen molar-refractivity contribution in [2.45, 2.75) is 33.2 Å². The summed E-state index contributed by atoms with van der Waals surface area (Å²) in [6.45, 7) is 8.83. The van der Waals surface area contributed by atoms with Crippen molar-refractivity contribution in [2.24, 2.45) is 0 Å². The van der Waals surface area contributed by atoms with Crippen LogP contribution in [0, 0.1) is 0 Å². The molecule has 1 heterocycles. The maximum absolute atomic E-state index is 12.9. The fraction of sp³-hybridized carbons (Fsp3) is 0.423. The van der Waals surface area contributed by atoms with Crippen molar-refractivity contribution in [1.82, 2.24) is 15.1 Å². The lowest BCUT2D eigenvalue weighted by Crippen LogP contribution is -2.52. The largest absolute Gasteiger partial charge is 0.368 e. The highest BCUT2D eigenvalue weighted by Crippen LogP contribution is 2.28. The summed E-state index contributed by atoms with van der Waals surface area (Å²) in [7, 11) is 0. The molecule has 2 aromatic carbocycles. The molecule has 9 heteroatoms. The van der Waals surface area contributed by atoms with Crippen molar-refractivity contribution >= 4 is 40.8 Å². The van der Waals surface area contributed by atoms with Gasteiger partial charge in [-0.25, -0.2) is 4.79 Å². The first-order valence-corrected chi connectivity index (χ1v) is 12.4. The second kappa shape index (κ2) is 12.4. The number of hydrogen-bond acceptors (Lipinski definition) is 4. The molecule has 1 aliphatic rings. The van der Waals surface area contributed by atoms with E-state index in [2.05, 4.69) is 15.5 Å². The fourth-order valence-electron chi connectivity index (χ4n) is 3.96. The standard InChI is InChI=1S/C26H34ClN5O3/c1-4-12-32(25(34)20-8-6-5-7-9-20)18-24(33)29-23-17-21(10-11-22(23)27)30-13-15-31(16-14-30)26(35)28-19(2)3/h5-11,17,19H,4,12-16,18H2,1-3H3,(H,28,35)(H,29,33). The Kier molecular flexibility index (Phi) is 9.37. The minimum atomic E-state index is -0.308. The van der Waals surface area contributed by atoms with E-state index in [0.29, 0.717) is 49.0 Å². The average Bonchev–Trinajstić information content (AvgIpc) is 2.85.